The van der Waals surface area contributed by atoms with E-state index in [4.69, 9.17) is 17.3 Å². The van der Waals surface area contributed by atoms with Crippen LogP contribution in [0.2, 0.25) is 5.02 Å². The van der Waals surface area contributed by atoms with Crippen LogP contribution in [-0.2, 0) is 16.4 Å². The van der Waals surface area contributed by atoms with Gasteiger partial charge in [-0.3, -0.25) is 0 Å². The van der Waals surface area contributed by atoms with Crippen LogP contribution in [0.3, 0.4) is 0 Å². The predicted molar refractivity (Wildman–Crippen MR) is 75.8 cm³/mol. The summed E-state index contributed by atoms with van der Waals surface area (Å²) in [5.74, 6) is 0.921. The normalized spacial score (nSPS) is 11.7. The van der Waals surface area contributed by atoms with E-state index in [2.05, 4.69) is 19.7 Å². The van der Waals surface area contributed by atoms with Gasteiger partial charge in [-0.25, -0.2) is 23.1 Å². The van der Waals surface area contributed by atoms with E-state index in [9.17, 15) is 8.42 Å². The fourth-order valence-electron chi connectivity index (χ4n) is 1.56. The first kappa shape index (κ1) is 14.8. The minimum atomic E-state index is -3.62. The fourth-order valence-corrected chi connectivity index (χ4v) is 2.83. The number of hydrogen-bond acceptors (Lipinski definition) is 5. The molecule has 0 aliphatic rings. The highest BCUT2D eigenvalue weighted by molar-refractivity contribution is 7.89. The van der Waals surface area contributed by atoms with Crippen molar-refractivity contribution in [2.75, 3.05) is 12.3 Å². The minimum absolute atomic E-state index is 0.00491. The van der Waals surface area contributed by atoms with E-state index >= 15 is 0 Å². The lowest BCUT2D eigenvalue weighted by Gasteiger charge is -2.07. The van der Waals surface area contributed by atoms with Crippen LogP contribution in [-0.4, -0.2) is 29.9 Å². The lowest BCUT2D eigenvalue weighted by atomic mass is 10.3. The Bertz CT molecular complexity index is 672. The molecular formula is C11H14ClN5O2S. The molecule has 0 fully saturated rings. The third-order valence-corrected chi connectivity index (χ3v) is 4.32. The van der Waals surface area contributed by atoms with Crippen LogP contribution in [0.5, 0.6) is 0 Å². The number of H-pyrrole nitrogens is 1. The number of nitrogens with zero attached hydrogens (tertiary/aromatic N) is 2. The van der Waals surface area contributed by atoms with Crippen molar-refractivity contribution in [3.8, 4) is 0 Å². The summed E-state index contributed by atoms with van der Waals surface area (Å²) < 4.78 is 26.4. The maximum atomic E-state index is 12.0. The Morgan fingerprint density at radius 3 is 2.85 bits per heavy atom. The number of nitrogen functional groups attached to an aromatic ring is 1. The molecule has 0 atom stereocenters. The monoisotopic (exact) mass is 315 g/mol. The molecule has 4 N–H and O–H groups in total. The number of anilines is 1. The molecule has 2 rings (SSSR count). The van der Waals surface area contributed by atoms with Crippen LogP contribution in [0.4, 0.5) is 5.82 Å². The van der Waals surface area contributed by atoms with E-state index in [0.29, 0.717) is 19.4 Å². The second kappa shape index (κ2) is 6.21. The molecule has 0 spiro atoms. The average Bonchev–Trinajstić information content (AvgIpc) is 2.91. The Kier molecular flexibility index (Phi) is 4.58. The number of aryl methyl sites for hydroxylation is 1. The molecule has 0 radical (unpaired) electrons. The van der Waals surface area contributed by atoms with Gasteiger partial charge in [0.15, 0.2) is 0 Å². The maximum Gasteiger partial charge on any atom is 0.242 e. The summed E-state index contributed by atoms with van der Waals surface area (Å²) in [7, 11) is -3.62. The fraction of sp³-hybridized carbons (Fsp3) is 0.273. The smallest absolute Gasteiger partial charge is 0.242 e. The van der Waals surface area contributed by atoms with Gasteiger partial charge >= 0.3 is 0 Å². The van der Waals surface area contributed by atoms with Gasteiger partial charge in [0.25, 0.3) is 0 Å². The average molecular weight is 316 g/mol. The lowest BCUT2D eigenvalue weighted by Crippen LogP contribution is -2.25. The largest absolute Gasteiger partial charge is 0.382 e. The summed E-state index contributed by atoms with van der Waals surface area (Å²) in [6, 6.07) is 1.28. The molecule has 2 heterocycles. The topological polar surface area (TPSA) is 114 Å². The standard InChI is InChI=1S/C11H14ClN5O2S/c12-9-6-8(7-16-11(9)13)20(18,19)17-3-1-2-10-14-4-5-15-10/h4-7,17H,1-3H2,(H2,13,16)(H,14,15). The summed E-state index contributed by atoms with van der Waals surface area (Å²) in [6.45, 7) is 0.297. The van der Waals surface area contributed by atoms with Gasteiger partial charge in [0.1, 0.15) is 16.5 Å². The molecule has 0 unspecified atom stereocenters. The van der Waals surface area contributed by atoms with Crippen molar-refractivity contribution in [3.05, 3.63) is 35.5 Å². The van der Waals surface area contributed by atoms with Gasteiger partial charge in [-0.2, -0.15) is 0 Å². The van der Waals surface area contributed by atoms with Gasteiger partial charge in [0, 0.05) is 31.6 Å². The van der Waals surface area contributed by atoms with Gasteiger partial charge in [0.2, 0.25) is 10.0 Å². The highest BCUT2D eigenvalue weighted by Crippen LogP contribution is 2.19. The lowest BCUT2D eigenvalue weighted by molar-refractivity contribution is 0.578. The first-order valence-electron chi connectivity index (χ1n) is 5.88. The number of halogens is 1. The number of imidazole rings is 1. The molecule has 0 aliphatic carbocycles. The summed E-state index contributed by atoms with van der Waals surface area (Å²) >= 11 is 5.76. The Morgan fingerprint density at radius 2 is 2.20 bits per heavy atom. The number of sulfonamides is 1. The van der Waals surface area contributed by atoms with Crippen LogP contribution in [0, 0.1) is 0 Å². The number of aromatic amines is 1. The van der Waals surface area contributed by atoms with Crippen molar-refractivity contribution in [1.29, 1.82) is 0 Å². The molecule has 108 valence electrons. The Labute approximate surface area is 121 Å². The summed E-state index contributed by atoms with van der Waals surface area (Å²) in [6.07, 6.45) is 5.85. The van der Waals surface area contributed by atoms with E-state index in [-0.39, 0.29) is 15.7 Å². The van der Waals surface area contributed by atoms with Gasteiger partial charge in [-0.1, -0.05) is 11.6 Å². The predicted octanol–water partition coefficient (Wildman–Crippen LogP) is 0.951. The highest BCUT2D eigenvalue weighted by Gasteiger charge is 2.15. The quantitative estimate of drug-likeness (QED) is 0.687. The maximum absolute atomic E-state index is 12.0. The number of nitrogens with two attached hydrogens (primary N) is 1. The third-order valence-electron chi connectivity index (χ3n) is 2.59. The van der Waals surface area contributed by atoms with E-state index in [1.807, 2.05) is 0 Å². The molecule has 0 bridgehead atoms. The number of aromatic nitrogens is 3. The summed E-state index contributed by atoms with van der Waals surface area (Å²) in [4.78, 5) is 10.7. The molecule has 0 amide bonds. The first-order valence-corrected chi connectivity index (χ1v) is 7.74. The van der Waals surface area contributed by atoms with Crippen molar-refractivity contribution in [2.45, 2.75) is 17.7 Å². The molecule has 0 saturated carbocycles. The molecule has 2 aromatic rings. The minimum Gasteiger partial charge on any atom is -0.382 e. The second-order valence-electron chi connectivity index (χ2n) is 4.08. The van der Waals surface area contributed by atoms with Crippen LogP contribution in [0.15, 0.2) is 29.6 Å². The number of hydrogen-bond donors (Lipinski definition) is 3. The zero-order chi connectivity index (χ0) is 14.6. The molecule has 0 saturated heterocycles. The molecular weight excluding hydrogens is 302 g/mol. The van der Waals surface area contributed by atoms with E-state index < -0.39 is 10.0 Å². The Hall–Kier alpha value is -1.64. The van der Waals surface area contributed by atoms with Crippen molar-refractivity contribution in [2.24, 2.45) is 0 Å². The van der Waals surface area contributed by atoms with Crippen LogP contribution >= 0.6 is 11.6 Å². The first-order chi connectivity index (χ1) is 9.49. The number of pyridine rings is 1. The molecule has 0 aromatic carbocycles. The number of rotatable bonds is 6. The second-order valence-corrected chi connectivity index (χ2v) is 6.25. The SMILES string of the molecule is Nc1ncc(S(=O)(=O)NCCCc2ncc[nH]2)cc1Cl. The molecule has 9 heteroatoms. The molecule has 20 heavy (non-hydrogen) atoms. The van der Waals surface area contributed by atoms with E-state index in [1.165, 1.54) is 12.3 Å². The zero-order valence-electron chi connectivity index (χ0n) is 10.5. The summed E-state index contributed by atoms with van der Waals surface area (Å²) in [5.41, 5.74) is 5.44. The van der Waals surface area contributed by atoms with Gasteiger partial charge in [-0.15, -0.1) is 0 Å². The van der Waals surface area contributed by atoms with Gasteiger partial charge < -0.3 is 10.7 Å². The van der Waals surface area contributed by atoms with Crippen LogP contribution in [0.25, 0.3) is 0 Å². The molecule has 7 nitrogen and oxygen atoms in total. The van der Waals surface area contributed by atoms with E-state index in [1.54, 1.807) is 12.4 Å². The van der Waals surface area contributed by atoms with Crippen molar-refractivity contribution < 1.29 is 8.42 Å². The third kappa shape index (κ3) is 3.69. The molecule has 2 aromatic heterocycles. The number of nitrogens with one attached hydrogen (secondary N) is 2. The van der Waals surface area contributed by atoms with Crippen molar-refractivity contribution in [3.63, 3.8) is 0 Å². The highest BCUT2D eigenvalue weighted by atomic mass is 35.5. The Morgan fingerprint density at radius 1 is 1.40 bits per heavy atom. The Balaban J connectivity index is 1.92. The van der Waals surface area contributed by atoms with Gasteiger partial charge in [0.05, 0.1) is 5.02 Å². The van der Waals surface area contributed by atoms with Gasteiger partial charge in [-0.05, 0) is 12.5 Å². The zero-order valence-corrected chi connectivity index (χ0v) is 12.1. The van der Waals surface area contributed by atoms with Crippen molar-refractivity contribution >= 4 is 27.4 Å². The van der Waals surface area contributed by atoms with Crippen LogP contribution < -0.4 is 10.5 Å². The van der Waals surface area contributed by atoms with Crippen LogP contribution in [0.1, 0.15) is 12.2 Å². The summed E-state index contributed by atoms with van der Waals surface area (Å²) in [5, 5.41) is 0.114. The van der Waals surface area contributed by atoms with Crippen molar-refractivity contribution in [1.82, 2.24) is 19.7 Å². The van der Waals surface area contributed by atoms with E-state index in [0.717, 1.165) is 5.82 Å². The molecule has 0 aliphatic heterocycles.